The van der Waals surface area contributed by atoms with Gasteiger partial charge in [-0.15, -0.1) is 0 Å². The number of fused-ring (bicyclic) bond motifs is 1. The van der Waals surface area contributed by atoms with Crippen molar-refractivity contribution in [1.29, 1.82) is 0 Å². The molecule has 4 rings (SSSR count). The van der Waals surface area contributed by atoms with E-state index in [4.69, 9.17) is 21.1 Å². The third kappa shape index (κ3) is 3.83. The van der Waals surface area contributed by atoms with Crippen molar-refractivity contribution in [3.05, 3.63) is 53.6 Å². The molecule has 0 N–H and O–H groups in total. The minimum atomic E-state index is 0.318. The van der Waals surface area contributed by atoms with Gasteiger partial charge in [-0.3, -0.25) is 9.36 Å². The molecule has 3 aromatic heterocycles. The summed E-state index contributed by atoms with van der Waals surface area (Å²) in [7, 11) is 3.31. The third-order valence-corrected chi connectivity index (χ3v) is 4.55. The molecule has 0 aliphatic rings. The molecule has 0 saturated heterocycles. The molecule has 3 heterocycles. The van der Waals surface area contributed by atoms with Gasteiger partial charge in [-0.1, -0.05) is 23.7 Å². The number of halogens is 1. The lowest BCUT2D eigenvalue weighted by atomic mass is 10.2. The van der Waals surface area contributed by atoms with Crippen LogP contribution in [0.25, 0.3) is 22.4 Å². The quantitative estimate of drug-likeness (QED) is 0.445. The van der Waals surface area contributed by atoms with Gasteiger partial charge in [0.2, 0.25) is 0 Å². The van der Waals surface area contributed by atoms with Crippen LogP contribution in [0.3, 0.4) is 0 Å². The SMILES string of the molecule is COCCn1cc(-c2nc(Cl)c3nn(Cc4ccc(OC)cc4)cc3n2)cn1. The van der Waals surface area contributed by atoms with Crippen molar-refractivity contribution >= 4 is 22.6 Å². The van der Waals surface area contributed by atoms with Crippen LogP contribution in [0.15, 0.2) is 42.9 Å². The van der Waals surface area contributed by atoms with E-state index in [9.17, 15) is 0 Å². The number of aromatic nitrogens is 6. The van der Waals surface area contributed by atoms with Crippen molar-refractivity contribution in [1.82, 2.24) is 29.5 Å². The highest BCUT2D eigenvalue weighted by molar-refractivity contribution is 6.33. The van der Waals surface area contributed by atoms with Crippen LogP contribution in [0.4, 0.5) is 0 Å². The van der Waals surface area contributed by atoms with Gasteiger partial charge in [-0.2, -0.15) is 10.2 Å². The number of rotatable bonds is 7. The molecule has 0 spiro atoms. The van der Waals surface area contributed by atoms with Gasteiger partial charge in [0.25, 0.3) is 0 Å². The maximum absolute atomic E-state index is 6.37. The van der Waals surface area contributed by atoms with Gasteiger partial charge in [0.05, 0.1) is 44.8 Å². The van der Waals surface area contributed by atoms with Crippen LogP contribution in [-0.4, -0.2) is 50.4 Å². The van der Waals surface area contributed by atoms with Crippen LogP contribution in [0.1, 0.15) is 5.56 Å². The lowest BCUT2D eigenvalue weighted by molar-refractivity contribution is 0.183. The van der Waals surface area contributed by atoms with E-state index in [0.29, 0.717) is 41.7 Å². The Bertz CT molecular complexity index is 1090. The van der Waals surface area contributed by atoms with Gasteiger partial charge in [0.1, 0.15) is 16.8 Å². The zero-order valence-corrected chi connectivity index (χ0v) is 16.3. The highest BCUT2D eigenvalue weighted by atomic mass is 35.5. The van der Waals surface area contributed by atoms with E-state index in [2.05, 4.69) is 20.2 Å². The highest BCUT2D eigenvalue weighted by Crippen LogP contribution is 2.24. The van der Waals surface area contributed by atoms with Crippen LogP contribution in [0.5, 0.6) is 5.75 Å². The summed E-state index contributed by atoms with van der Waals surface area (Å²) in [5.74, 6) is 1.34. The molecule has 144 valence electrons. The van der Waals surface area contributed by atoms with E-state index in [1.807, 2.05) is 36.7 Å². The number of hydrogen-bond donors (Lipinski definition) is 0. The average molecular weight is 399 g/mol. The first-order valence-corrected chi connectivity index (χ1v) is 9.09. The number of nitrogens with zero attached hydrogens (tertiary/aromatic N) is 6. The average Bonchev–Trinajstić information content (AvgIpc) is 3.34. The Balaban J connectivity index is 1.60. The first kappa shape index (κ1) is 18.4. The number of ether oxygens (including phenoxy) is 2. The predicted octanol–water partition coefficient (Wildman–Crippen LogP) is 3.05. The summed E-state index contributed by atoms with van der Waals surface area (Å²) in [6, 6.07) is 7.84. The van der Waals surface area contributed by atoms with Crippen LogP contribution >= 0.6 is 11.6 Å². The molecule has 0 aliphatic carbocycles. The molecule has 9 heteroatoms. The van der Waals surface area contributed by atoms with Crippen molar-refractivity contribution in [3.8, 4) is 17.1 Å². The van der Waals surface area contributed by atoms with E-state index in [1.165, 1.54) is 0 Å². The van der Waals surface area contributed by atoms with E-state index in [-0.39, 0.29) is 0 Å². The molecule has 0 saturated carbocycles. The minimum absolute atomic E-state index is 0.318. The number of methoxy groups -OCH3 is 2. The molecule has 0 amide bonds. The summed E-state index contributed by atoms with van der Waals surface area (Å²) in [4.78, 5) is 8.99. The lowest BCUT2D eigenvalue weighted by Crippen LogP contribution is -2.03. The molecule has 4 aromatic rings. The Morgan fingerprint density at radius 1 is 1.04 bits per heavy atom. The minimum Gasteiger partial charge on any atom is -0.497 e. The van der Waals surface area contributed by atoms with Crippen molar-refractivity contribution in [2.45, 2.75) is 13.1 Å². The number of benzene rings is 1. The zero-order valence-electron chi connectivity index (χ0n) is 15.5. The van der Waals surface area contributed by atoms with E-state index in [0.717, 1.165) is 16.9 Å². The molecule has 28 heavy (non-hydrogen) atoms. The first-order chi connectivity index (χ1) is 13.7. The summed E-state index contributed by atoms with van der Waals surface area (Å²) in [5.41, 5.74) is 3.15. The van der Waals surface area contributed by atoms with Crippen molar-refractivity contribution < 1.29 is 9.47 Å². The second-order valence-corrected chi connectivity index (χ2v) is 6.59. The highest BCUT2D eigenvalue weighted by Gasteiger charge is 2.13. The van der Waals surface area contributed by atoms with Crippen molar-refractivity contribution in [2.75, 3.05) is 20.8 Å². The Morgan fingerprint density at radius 3 is 2.61 bits per heavy atom. The monoisotopic (exact) mass is 398 g/mol. The lowest BCUT2D eigenvalue weighted by Gasteiger charge is -2.03. The van der Waals surface area contributed by atoms with Crippen molar-refractivity contribution in [2.24, 2.45) is 0 Å². The largest absolute Gasteiger partial charge is 0.497 e. The molecule has 0 bridgehead atoms. The zero-order chi connectivity index (χ0) is 19.5. The predicted molar refractivity (Wildman–Crippen MR) is 106 cm³/mol. The van der Waals surface area contributed by atoms with Crippen LogP contribution in [-0.2, 0) is 17.8 Å². The summed E-state index contributed by atoms with van der Waals surface area (Å²) in [6.07, 6.45) is 5.46. The molecule has 0 radical (unpaired) electrons. The second-order valence-electron chi connectivity index (χ2n) is 6.23. The van der Waals surface area contributed by atoms with Crippen LogP contribution < -0.4 is 4.74 Å². The molecule has 0 aliphatic heterocycles. The summed E-state index contributed by atoms with van der Waals surface area (Å²) < 4.78 is 13.9. The molecule has 1 aromatic carbocycles. The fraction of sp³-hybridized carbons (Fsp3) is 0.263. The van der Waals surface area contributed by atoms with E-state index >= 15 is 0 Å². The van der Waals surface area contributed by atoms with Gasteiger partial charge in [-0.25, -0.2) is 9.97 Å². The molecule has 0 atom stereocenters. The van der Waals surface area contributed by atoms with Crippen LogP contribution in [0.2, 0.25) is 5.15 Å². The Morgan fingerprint density at radius 2 is 1.86 bits per heavy atom. The standard InChI is InChI=1S/C19H19ClN6O2/c1-27-8-7-25-11-14(9-21-25)19-22-16-12-26(24-17(16)18(20)23-19)10-13-3-5-15(28-2)6-4-13/h3-6,9,11-12H,7-8,10H2,1-2H3. The maximum atomic E-state index is 6.37. The van der Waals surface area contributed by atoms with Gasteiger partial charge in [0.15, 0.2) is 11.0 Å². The Hall–Kier alpha value is -2.97. The Kier molecular flexibility index (Phi) is 5.23. The van der Waals surface area contributed by atoms with E-state index < -0.39 is 0 Å². The fourth-order valence-corrected chi connectivity index (χ4v) is 3.05. The normalized spacial score (nSPS) is 11.2. The molecule has 8 nitrogen and oxygen atoms in total. The second kappa shape index (κ2) is 7.95. The summed E-state index contributed by atoms with van der Waals surface area (Å²) in [6.45, 7) is 1.84. The van der Waals surface area contributed by atoms with Gasteiger partial charge in [0, 0.05) is 13.3 Å². The topological polar surface area (TPSA) is 79.9 Å². The smallest absolute Gasteiger partial charge is 0.164 e. The molecular formula is C19H19ClN6O2. The van der Waals surface area contributed by atoms with Gasteiger partial charge in [-0.05, 0) is 17.7 Å². The van der Waals surface area contributed by atoms with Crippen LogP contribution in [0, 0.1) is 0 Å². The van der Waals surface area contributed by atoms with Gasteiger partial charge < -0.3 is 9.47 Å². The first-order valence-electron chi connectivity index (χ1n) is 8.71. The molecule has 0 fully saturated rings. The molecular weight excluding hydrogens is 380 g/mol. The van der Waals surface area contributed by atoms with Crippen molar-refractivity contribution in [3.63, 3.8) is 0 Å². The summed E-state index contributed by atoms with van der Waals surface area (Å²) in [5, 5.41) is 9.14. The Labute approximate surface area is 166 Å². The van der Waals surface area contributed by atoms with Gasteiger partial charge >= 0.3 is 0 Å². The fourth-order valence-electron chi connectivity index (χ4n) is 2.84. The van der Waals surface area contributed by atoms with E-state index in [1.54, 1.807) is 29.8 Å². The number of hydrogen-bond acceptors (Lipinski definition) is 6. The maximum Gasteiger partial charge on any atom is 0.164 e. The third-order valence-electron chi connectivity index (χ3n) is 4.29. The molecule has 0 unspecified atom stereocenters. The summed E-state index contributed by atoms with van der Waals surface area (Å²) >= 11 is 6.37.